The van der Waals surface area contributed by atoms with Gasteiger partial charge in [-0.1, -0.05) is 19.3 Å². The maximum atomic E-state index is 11.3. The third-order valence-corrected chi connectivity index (χ3v) is 4.72. The second-order valence-electron chi connectivity index (χ2n) is 4.50. The Balaban J connectivity index is 2.25. The molecule has 0 radical (unpaired) electrons. The van der Waals surface area contributed by atoms with E-state index in [0.717, 1.165) is 6.54 Å². The molecule has 16 heavy (non-hydrogen) atoms. The number of rotatable bonds is 6. The summed E-state index contributed by atoms with van der Waals surface area (Å²) in [6.07, 6.45) is 8.82. The summed E-state index contributed by atoms with van der Waals surface area (Å²) in [6.45, 7) is 4.08. The summed E-state index contributed by atoms with van der Waals surface area (Å²) in [7, 11) is 0. The Kier molecular flexibility index (Phi) is 6.21. The first-order valence-corrected chi connectivity index (χ1v) is 7.47. The van der Waals surface area contributed by atoms with Gasteiger partial charge in [0, 0.05) is 17.8 Å². The Morgan fingerprint density at radius 3 is 2.56 bits per heavy atom. The molecule has 2 N–H and O–H groups in total. The van der Waals surface area contributed by atoms with Crippen LogP contribution in [0.1, 0.15) is 39.0 Å². The normalized spacial score (nSPS) is 19.4. The van der Waals surface area contributed by atoms with E-state index < -0.39 is 0 Å². The summed E-state index contributed by atoms with van der Waals surface area (Å²) in [5, 5.41) is 6.10. The second-order valence-corrected chi connectivity index (χ2v) is 5.78. The fourth-order valence-electron chi connectivity index (χ4n) is 2.31. The van der Waals surface area contributed by atoms with Gasteiger partial charge in [0.1, 0.15) is 0 Å². The molecule has 1 aliphatic rings. The van der Waals surface area contributed by atoms with Gasteiger partial charge in [0.25, 0.3) is 0 Å². The van der Waals surface area contributed by atoms with E-state index >= 15 is 0 Å². The van der Waals surface area contributed by atoms with Crippen molar-refractivity contribution in [1.29, 1.82) is 0 Å². The Morgan fingerprint density at radius 2 is 2.00 bits per heavy atom. The van der Waals surface area contributed by atoms with Crippen LogP contribution in [0.4, 0.5) is 0 Å². The molecule has 1 saturated carbocycles. The lowest BCUT2D eigenvalue weighted by Gasteiger charge is -2.35. The van der Waals surface area contributed by atoms with Crippen molar-refractivity contribution in [3.63, 3.8) is 0 Å². The molecule has 94 valence electrons. The van der Waals surface area contributed by atoms with Crippen molar-refractivity contribution >= 4 is 17.7 Å². The van der Waals surface area contributed by atoms with Crippen LogP contribution < -0.4 is 10.6 Å². The first kappa shape index (κ1) is 13.8. The smallest absolute Gasteiger partial charge is 0.233 e. The fourth-order valence-corrected chi connectivity index (χ4v) is 3.26. The van der Waals surface area contributed by atoms with Gasteiger partial charge >= 0.3 is 0 Å². The topological polar surface area (TPSA) is 41.1 Å². The minimum atomic E-state index is 0.106. The molecule has 0 spiro atoms. The molecular formula is C12H24N2OS. The molecule has 1 fully saturated rings. The van der Waals surface area contributed by atoms with Crippen molar-refractivity contribution in [3.05, 3.63) is 0 Å². The van der Waals surface area contributed by atoms with Crippen LogP contribution in [-0.4, -0.2) is 36.5 Å². The van der Waals surface area contributed by atoms with E-state index in [1.165, 1.54) is 32.1 Å². The summed E-state index contributed by atoms with van der Waals surface area (Å²) < 4.78 is 0.380. The molecule has 0 saturated heterocycles. The summed E-state index contributed by atoms with van der Waals surface area (Å²) in [4.78, 5) is 11.3. The summed E-state index contributed by atoms with van der Waals surface area (Å²) in [6, 6.07) is 0. The zero-order valence-electron chi connectivity index (χ0n) is 10.5. The average Bonchev–Trinajstić information content (AvgIpc) is 2.31. The molecular weight excluding hydrogens is 220 g/mol. The molecule has 0 unspecified atom stereocenters. The minimum absolute atomic E-state index is 0.106. The van der Waals surface area contributed by atoms with Crippen LogP contribution in [0.15, 0.2) is 0 Å². The van der Waals surface area contributed by atoms with E-state index in [-0.39, 0.29) is 5.91 Å². The van der Waals surface area contributed by atoms with Crippen LogP contribution >= 0.6 is 11.8 Å². The largest absolute Gasteiger partial charge is 0.355 e. The van der Waals surface area contributed by atoms with Gasteiger partial charge in [0.15, 0.2) is 0 Å². The zero-order chi connectivity index (χ0) is 11.9. The van der Waals surface area contributed by atoms with Crippen molar-refractivity contribution in [3.8, 4) is 0 Å². The minimum Gasteiger partial charge on any atom is -0.355 e. The molecule has 1 rings (SSSR count). The molecule has 0 aromatic rings. The Morgan fingerprint density at radius 1 is 1.31 bits per heavy atom. The lowest BCUT2D eigenvalue weighted by Crippen LogP contribution is -2.43. The molecule has 1 aliphatic carbocycles. The number of hydrogen-bond donors (Lipinski definition) is 2. The van der Waals surface area contributed by atoms with Gasteiger partial charge < -0.3 is 10.6 Å². The predicted molar refractivity (Wildman–Crippen MR) is 70.9 cm³/mol. The van der Waals surface area contributed by atoms with Crippen molar-refractivity contribution in [2.45, 2.75) is 43.8 Å². The number of likely N-dealkylation sites (N-methyl/N-ethyl adjacent to an activating group) is 1. The highest BCUT2D eigenvalue weighted by Crippen LogP contribution is 2.37. The summed E-state index contributed by atoms with van der Waals surface area (Å²) >= 11 is 1.96. The van der Waals surface area contributed by atoms with Gasteiger partial charge in [0.2, 0.25) is 5.91 Å². The summed E-state index contributed by atoms with van der Waals surface area (Å²) in [5.41, 5.74) is 0. The molecule has 0 aliphatic heterocycles. The van der Waals surface area contributed by atoms with Crippen molar-refractivity contribution < 1.29 is 4.79 Å². The molecule has 4 heteroatoms. The quantitative estimate of drug-likeness (QED) is 0.748. The fraction of sp³-hybridized carbons (Fsp3) is 0.917. The lowest BCUT2D eigenvalue weighted by molar-refractivity contribution is -0.120. The molecule has 3 nitrogen and oxygen atoms in total. The predicted octanol–water partition coefficient (Wildman–Crippen LogP) is 1.78. The van der Waals surface area contributed by atoms with Gasteiger partial charge in [0.05, 0.1) is 6.54 Å². The van der Waals surface area contributed by atoms with Crippen molar-refractivity contribution in [2.75, 3.05) is 25.9 Å². The van der Waals surface area contributed by atoms with Crippen LogP contribution in [0.3, 0.4) is 0 Å². The number of amides is 1. The van der Waals surface area contributed by atoms with Crippen LogP contribution in [-0.2, 0) is 4.79 Å². The Hall–Kier alpha value is -0.220. The van der Waals surface area contributed by atoms with E-state index in [1.807, 2.05) is 18.7 Å². The number of hydrogen-bond acceptors (Lipinski definition) is 3. The van der Waals surface area contributed by atoms with Crippen LogP contribution in [0, 0.1) is 0 Å². The van der Waals surface area contributed by atoms with Gasteiger partial charge in [-0.05, 0) is 26.0 Å². The number of nitrogens with one attached hydrogen (secondary N) is 2. The monoisotopic (exact) mass is 244 g/mol. The zero-order valence-corrected chi connectivity index (χ0v) is 11.3. The van der Waals surface area contributed by atoms with Crippen LogP contribution in [0.25, 0.3) is 0 Å². The Labute approximate surface area is 103 Å². The first-order chi connectivity index (χ1) is 7.72. The molecule has 0 bridgehead atoms. The van der Waals surface area contributed by atoms with Gasteiger partial charge in [-0.15, -0.1) is 0 Å². The van der Waals surface area contributed by atoms with E-state index in [9.17, 15) is 4.79 Å². The highest BCUT2D eigenvalue weighted by Gasteiger charge is 2.30. The third kappa shape index (κ3) is 4.34. The summed E-state index contributed by atoms with van der Waals surface area (Å²) in [5.74, 6) is 0.106. The van der Waals surface area contributed by atoms with Crippen LogP contribution in [0.2, 0.25) is 0 Å². The molecule has 0 aromatic carbocycles. The lowest BCUT2D eigenvalue weighted by atomic mass is 9.88. The number of carbonyl (C=O) groups excluding carboxylic acids is 1. The van der Waals surface area contributed by atoms with Gasteiger partial charge in [-0.2, -0.15) is 11.8 Å². The maximum Gasteiger partial charge on any atom is 0.233 e. The van der Waals surface area contributed by atoms with Gasteiger partial charge in [-0.3, -0.25) is 4.79 Å². The standard InChI is InChI=1S/C12H24N2OS/c1-3-14-11(15)9-13-10-12(16-2)7-5-4-6-8-12/h13H,3-10H2,1-2H3,(H,14,15). The van der Waals surface area contributed by atoms with Crippen molar-refractivity contribution in [2.24, 2.45) is 0 Å². The highest BCUT2D eigenvalue weighted by atomic mass is 32.2. The molecule has 0 heterocycles. The van der Waals surface area contributed by atoms with E-state index in [4.69, 9.17) is 0 Å². The maximum absolute atomic E-state index is 11.3. The SMILES string of the molecule is CCNC(=O)CNCC1(SC)CCCCC1. The van der Waals surface area contributed by atoms with E-state index in [2.05, 4.69) is 16.9 Å². The molecule has 1 amide bonds. The first-order valence-electron chi connectivity index (χ1n) is 6.25. The number of carbonyl (C=O) groups is 1. The van der Waals surface area contributed by atoms with E-state index in [1.54, 1.807) is 0 Å². The third-order valence-electron chi connectivity index (χ3n) is 3.30. The highest BCUT2D eigenvalue weighted by molar-refractivity contribution is 8.00. The van der Waals surface area contributed by atoms with E-state index in [0.29, 0.717) is 17.8 Å². The van der Waals surface area contributed by atoms with Crippen LogP contribution in [0.5, 0.6) is 0 Å². The molecule has 0 aromatic heterocycles. The van der Waals surface area contributed by atoms with Gasteiger partial charge in [-0.25, -0.2) is 0 Å². The second kappa shape index (κ2) is 7.17. The molecule has 0 atom stereocenters. The Bertz CT molecular complexity index is 215. The van der Waals surface area contributed by atoms with Crippen molar-refractivity contribution in [1.82, 2.24) is 10.6 Å². The average molecular weight is 244 g/mol. The number of thioether (sulfide) groups is 1.